The Morgan fingerprint density at radius 1 is 1.57 bits per heavy atom. The molecule has 6 heteroatoms. The van der Waals surface area contributed by atoms with Crippen LogP contribution in [0, 0.1) is 0 Å². The van der Waals surface area contributed by atoms with Gasteiger partial charge in [-0.1, -0.05) is 0 Å². The number of aliphatic carboxylic acids is 1. The van der Waals surface area contributed by atoms with Crippen molar-refractivity contribution in [2.45, 2.75) is 12.8 Å². The summed E-state index contributed by atoms with van der Waals surface area (Å²) in [5, 5.41) is 10.9. The number of carbonyl (C=O) groups excluding carboxylic acids is 1. The molecule has 0 radical (unpaired) electrons. The molecule has 0 atom stereocenters. The summed E-state index contributed by atoms with van der Waals surface area (Å²) in [4.78, 5) is 25.1. The molecule has 0 spiro atoms. The Kier molecular flexibility index (Phi) is 3.22. The van der Waals surface area contributed by atoms with Crippen LogP contribution in [-0.4, -0.2) is 26.5 Å². The van der Waals surface area contributed by atoms with Crippen LogP contribution in [0.15, 0.2) is 12.5 Å². The number of hydrogen-bond donors (Lipinski definition) is 2. The molecule has 1 aromatic rings. The Bertz CT molecular complexity index is 345. The van der Waals surface area contributed by atoms with Crippen molar-refractivity contribution in [2.75, 3.05) is 5.32 Å². The summed E-state index contributed by atoms with van der Waals surface area (Å²) in [5.74, 6) is -0.749. The quantitative estimate of drug-likeness (QED) is 0.723. The molecule has 0 bridgehead atoms. The Morgan fingerprint density at radius 3 is 2.79 bits per heavy atom. The largest absolute Gasteiger partial charge is 0.481 e. The predicted octanol–water partition coefficient (Wildman–Crippen LogP) is 0.223. The fourth-order valence-corrected chi connectivity index (χ4v) is 0.903. The minimum Gasteiger partial charge on any atom is -0.481 e. The molecule has 1 rings (SSSR count). The number of anilines is 1. The molecule has 2 N–H and O–H groups in total. The molecule has 6 nitrogen and oxygen atoms in total. The molecule has 1 amide bonds. The third-order valence-corrected chi connectivity index (χ3v) is 1.65. The lowest BCUT2D eigenvalue weighted by Crippen LogP contribution is -2.14. The summed E-state index contributed by atoms with van der Waals surface area (Å²) in [6.07, 6.45) is 2.86. The highest BCUT2D eigenvalue weighted by atomic mass is 16.4. The lowest BCUT2D eigenvalue weighted by atomic mass is 10.3. The minimum absolute atomic E-state index is 0.0273. The van der Waals surface area contributed by atoms with Crippen LogP contribution in [0.4, 0.5) is 5.82 Å². The zero-order chi connectivity index (χ0) is 10.6. The van der Waals surface area contributed by atoms with E-state index < -0.39 is 5.97 Å². The number of nitrogens with zero attached hydrogens (tertiary/aromatic N) is 2. The number of aryl methyl sites for hydroxylation is 1. The molecular weight excluding hydrogens is 186 g/mol. The first kappa shape index (κ1) is 10.2. The SMILES string of the molecule is Cn1cncc1NC(=O)CCC(=O)O. The number of carboxylic acids is 1. The van der Waals surface area contributed by atoms with Gasteiger partial charge in [-0.2, -0.15) is 0 Å². The summed E-state index contributed by atoms with van der Waals surface area (Å²) in [6, 6.07) is 0. The second kappa shape index (κ2) is 4.40. The van der Waals surface area contributed by atoms with Gasteiger partial charge in [0.05, 0.1) is 18.9 Å². The molecule has 0 aliphatic heterocycles. The van der Waals surface area contributed by atoms with Crippen molar-refractivity contribution < 1.29 is 14.7 Å². The molecule has 0 unspecified atom stereocenters. The number of carboxylic acid groups (broad SMARTS) is 1. The van der Waals surface area contributed by atoms with Gasteiger partial charge in [-0.25, -0.2) is 4.98 Å². The third-order valence-electron chi connectivity index (χ3n) is 1.65. The Labute approximate surface area is 80.6 Å². The second-order valence-corrected chi connectivity index (χ2v) is 2.83. The van der Waals surface area contributed by atoms with Crippen LogP contribution in [0.25, 0.3) is 0 Å². The number of hydrogen-bond acceptors (Lipinski definition) is 3. The highest BCUT2D eigenvalue weighted by Gasteiger charge is 2.07. The lowest BCUT2D eigenvalue weighted by Gasteiger charge is -2.03. The maximum Gasteiger partial charge on any atom is 0.303 e. The van der Waals surface area contributed by atoms with Crippen molar-refractivity contribution >= 4 is 17.7 Å². The molecular formula is C8H11N3O3. The van der Waals surface area contributed by atoms with Crippen molar-refractivity contribution in [2.24, 2.45) is 7.05 Å². The van der Waals surface area contributed by atoms with Crippen LogP contribution in [-0.2, 0) is 16.6 Å². The summed E-state index contributed by atoms with van der Waals surface area (Å²) < 4.78 is 1.64. The van der Waals surface area contributed by atoms with Crippen LogP contribution in [0.5, 0.6) is 0 Å². The van der Waals surface area contributed by atoms with E-state index in [4.69, 9.17) is 5.11 Å². The van der Waals surface area contributed by atoms with Gasteiger partial charge in [0.15, 0.2) is 0 Å². The van der Waals surface area contributed by atoms with Crippen LogP contribution >= 0.6 is 0 Å². The number of rotatable bonds is 4. The Hall–Kier alpha value is -1.85. The van der Waals surface area contributed by atoms with Crippen LogP contribution < -0.4 is 5.32 Å². The second-order valence-electron chi connectivity index (χ2n) is 2.83. The van der Waals surface area contributed by atoms with Crippen LogP contribution in [0.3, 0.4) is 0 Å². The maximum atomic E-state index is 11.2. The van der Waals surface area contributed by atoms with Crippen LogP contribution in [0.1, 0.15) is 12.8 Å². The third kappa shape index (κ3) is 2.89. The summed E-state index contributed by atoms with van der Waals surface area (Å²) in [5.41, 5.74) is 0. The number of carbonyl (C=O) groups is 2. The van der Waals surface area contributed by atoms with E-state index in [-0.39, 0.29) is 18.7 Å². The van der Waals surface area contributed by atoms with E-state index in [0.29, 0.717) is 5.82 Å². The zero-order valence-electron chi connectivity index (χ0n) is 7.73. The molecule has 0 aromatic carbocycles. The standard InChI is InChI=1S/C8H11N3O3/c1-11-5-9-4-6(11)10-7(12)2-3-8(13)14/h4-5H,2-3H2,1H3,(H,10,12)(H,13,14). The Balaban J connectivity index is 2.42. The monoisotopic (exact) mass is 197 g/mol. The van der Waals surface area contributed by atoms with E-state index in [1.807, 2.05) is 0 Å². The number of amides is 1. The van der Waals surface area contributed by atoms with E-state index in [1.165, 1.54) is 6.20 Å². The van der Waals surface area contributed by atoms with Gasteiger partial charge in [0.25, 0.3) is 0 Å². The Morgan fingerprint density at radius 2 is 2.29 bits per heavy atom. The number of nitrogens with one attached hydrogen (secondary N) is 1. The maximum absolute atomic E-state index is 11.2. The summed E-state index contributed by atoms with van der Waals surface area (Å²) >= 11 is 0. The first-order valence-electron chi connectivity index (χ1n) is 4.07. The molecule has 76 valence electrons. The minimum atomic E-state index is -0.981. The lowest BCUT2D eigenvalue weighted by molar-refractivity contribution is -0.138. The summed E-state index contributed by atoms with van der Waals surface area (Å²) in [6.45, 7) is 0. The van der Waals surface area contributed by atoms with E-state index in [2.05, 4.69) is 10.3 Å². The van der Waals surface area contributed by atoms with Crippen molar-refractivity contribution in [1.82, 2.24) is 9.55 Å². The first-order chi connectivity index (χ1) is 6.59. The molecule has 1 heterocycles. The van der Waals surface area contributed by atoms with Crippen molar-refractivity contribution in [3.63, 3.8) is 0 Å². The molecule has 0 aliphatic rings. The average Bonchev–Trinajstić information content (AvgIpc) is 2.49. The van der Waals surface area contributed by atoms with Gasteiger partial charge in [0.1, 0.15) is 5.82 Å². The van der Waals surface area contributed by atoms with Gasteiger partial charge < -0.3 is 15.0 Å². The van der Waals surface area contributed by atoms with E-state index in [0.717, 1.165) is 0 Å². The molecule has 0 saturated heterocycles. The summed E-state index contributed by atoms with van der Waals surface area (Å²) in [7, 11) is 1.74. The van der Waals surface area contributed by atoms with Crippen molar-refractivity contribution in [3.8, 4) is 0 Å². The number of aromatic nitrogens is 2. The van der Waals surface area contributed by atoms with Gasteiger partial charge in [-0.05, 0) is 0 Å². The van der Waals surface area contributed by atoms with Crippen molar-refractivity contribution in [3.05, 3.63) is 12.5 Å². The van der Waals surface area contributed by atoms with E-state index >= 15 is 0 Å². The zero-order valence-corrected chi connectivity index (χ0v) is 7.73. The fraction of sp³-hybridized carbons (Fsp3) is 0.375. The number of imidazole rings is 1. The highest BCUT2D eigenvalue weighted by Crippen LogP contribution is 2.04. The average molecular weight is 197 g/mol. The van der Waals surface area contributed by atoms with E-state index in [9.17, 15) is 9.59 Å². The molecule has 1 aromatic heterocycles. The fourth-order valence-electron chi connectivity index (χ4n) is 0.903. The predicted molar refractivity (Wildman–Crippen MR) is 48.7 cm³/mol. The van der Waals surface area contributed by atoms with Crippen LogP contribution in [0.2, 0.25) is 0 Å². The molecule has 0 aliphatic carbocycles. The van der Waals surface area contributed by atoms with Gasteiger partial charge in [0.2, 0.25) is 5.91 Å². The smallest absolute Gasteiger partial charge is 0.303 e. The molecule has 0 fully saturated rings. The van der Waals surface area contributed by atoms with Gasteiger partial charge in [-0.15, -0.1) is 0 Å². The molecule has 0 saturated carbocycles. The van der Waals surface area contributed by atoms with Gasteiger partial charge in [-0.3, -0.25) is 9.59 Å². The molecule has 14 heavy (non-hydrogen) atoms. The first-order valence-corrected chi connectivity index (χ1v) is 4.07. The normalized spacial score (nSPS) is 9.79. The van der Waals surface area contributed by atoms with Crippen molar-refractivity contribution in [1.29, 1.82) is 0 Å². The van der Waals surface area contributed by atoms with Gasteiger partial charge >= 0.3 is 5.97 Å². The van der Waals surface area contributed by atoms with Gasteiger partial charge in [0, 0.05) is 13.5 Å². The topological polar surface area (TPSA) is 84.2 Å². The van der Waals surface area contributed by atoms with E-state index in [1.54, 1.807) is 17.9 Å². The highest BCUT2D eigenvalue weighted by molar-refractivity contribution is 5.91.